The van der Waals surface area contributed by atoms with Crippen LogP contribution >= 0.6 is 0 Å². The molecule has 2 rings (SSSR count). The van der Waals surface area contributed by atoms with Gasteiger partial charge in [-0.15, -0.1) is 0 Å². The zero-order chi connectivity index (χ0) is 11.5. The van der Waals surface area contributed by atoms with Gasteiger partial charge in [0.2, 0.25) is 0 Å². The Morgan fingerprint density at radius 3 is 2.50 bits per heavy atom. The fourth-order valence-electron chi connectivity index (χ4n) is 1.66. The molecular formula is C13H14N2O. The van der Waals surface area contributed by atoms with Gasteiger partial charge in [-0.1, -0.05) is 30.3 Å². The smallest absolute Gasteiger partial charge is 0.269 e. The van der Waals surface area contributed by atoms with Crippen LogP contribution in [0.15, 0.2) is 35.1 Å². The highest BCUT2D eigenvalue weighted by molar-refractivity contribution is 5.23. The Balaban J connectivity index is 2.36. The van der Waals surface area contributed by atoms with E-state index in [1.807, 2.05) is 37.3 Å². The van der Waals surface area contributed by atoms with E-state index < -0.39 is 0 Å². The number of hydrogen-bond donors (Lipinski definition) is 1. The number of nitrogens with zero attached hydrogens (tertiary/aromatic N) is 1. The van der Waals surface area contributed by atoms with Crippen LogP contribution in [0.2, 0.25) is 0 Å². The van der Waals surface area contributed by atoms with Gasteiger partial charge < -0.3 is 4.98 Å². The van der Waals surface area contributed by atoms with Crippen LogP contribution in [0.5, 0.6) is 0 Å². The maximum Gasteiger partial charge on any atom is 0.269 e. The van der Waals surface area contributed by atoms with E-state index in [-0.39, 0.29) is 5.56 Å². The zero-order valence-corrected chi connectivity index (χ0v) is 9.45. The summed E-state index contributed by atoms with van der Waals surface area (Å²) in [4.78, 5) is 18.6. The highest BCUT2D eigenvalue weighted by atomic mass is 16.1. The summed E-state index contributed by atoms with van der Waals surface area (Å²) in [6.45, 7) is 3.64. The maximum absolute atomic E-state index is 11.5. The molecule has 1 N–H and O–H groups in total. The van der Waals surface area contributed by atoms with Crippen molar-refractivity contribution in [2.45, 2.75) is 20.3 Å². The van der Waals surface area contributed by atoms with E-state index in [0.717, 1.165) is 17.8 Å². The van der Waals surface area contributed by atoms with Gasteiger partial charge in [0, 0.05) is 12.1 Å². The number of rotatable bonds is 2. The van der Waals surface area contributed by atoms with Crippen molar-refractivity contribution in [3.63, 3.8) is 0 Å². The van der Waals surface area contributed by atoms with E-state index in [2.05, 4.69) is 9.97 Å². The molecule has 0 bridgehead atoms. The Labute approximate surface area is 94.2 Å². The van der Waals surface area contributed by atoms with Crippen LogP contribution in [0.4, 0.5) is 0 Å². The summed E-state index contributed by atoms with van der Waals surface area (Å²) >= 11 is 0. The van der Waals surface area contributed by atoms with Gasteiger partial charge in [0.1, 0.15) is 5.69 Å². The van der Waals surface area contributed by atoms with Crippen LogP contribution in [0.1, 0.15) is 22.6 Å². The summed E-state index contributed by atoms with van der Waals surface area (Å²) in [5.41, 5.74) is 3.38. The lowest BCUT2D eigenvalue weighted by molar-refractivity contribution is 0.924. The second-order valence-corrected chi connectivity index (χ2v) is 3.88. The molecule has 1 aromatic carbocycles. The summed E-state index contributed by atoms with van der Waals surface area (Å²) in [5, 5.41) is 0. The molecule has 0 aliphatic heterocycles. The molecule has 0 amide bonds. The van der Waals surface area contributed by atoms with Crippen molar-refractivity contribution in [2.75, 3.05) is 0 Å². The van der Waals surface area contributed by atoms with Gasteiger partial charge in [-0.05, 0) is 19.4 Å². The van der Waals surface area contributed by atoms with Crippen molar-refractivity contribution in [1.29, 1.82) is 0 Å². The van der Waals surface area contributed by atoms with Gasteiger partial charge in [0.05, 0.1) is 5.69 Å². The van der Waals surface area contributed by atoms with Gasteiger partial charge >= 0.3 is 0 Å². The predicted octanol–water partition coefficient (Wildman–Crippen LogP) is 1.98. The molecule has 2 aromatic rings. The Kier molecular flexibility index (Phi) is 2.86. The highest BCUT2D eigenvalue weighted by Gasteiger charge is 2.04. The predicted molar refractivity (Wildman–Crippen MR) is 63.6 cm³/mol. The molecule has 0 radical (unpaired) electrons. The average molecular weight is 214 g/mol. The number of aromatic nitrogens is 2. The lowest BCUT2D eigenvalue weighted by Crippen LogP contribution is -2.16. The molecule has 16 heavy (non-hydrogen) atoms. The quantitative estimate of drug-likeness (QED) is 0.830. The first-order valence-electron chi connectivity index (χ1n) is 5.27. The third-order valence-electron chi connectivity index (χ3n) is 2.59. The average Bonchev–Trinajstić information content (AvgIpc) is 2.27. The highest BCUT2D eigenvalue weighted by Crippen LogP contribution is 2.08. The van der Waals surface area contributed by atoms with Crippen molar-refractivity contribution in [2.24, 2.45) is 0 Å². The van der Waals surface area contributed by atoms with Crippen LogP contribution in [-0.4, -0.2) is 9.97 Å². The van der Waals surface area contributed by atoms with Crippen LogP contribution in [0.25, 0.3) is 0 Å². The molecule has 0 spiro atoms. The van der Waals surface area contributed by atoms with Crippen molar-refractivity contribution in [3.8, 4) is 0 Å². The van der Waals surface area contributed by atoms with E-state index in [1.54, 1.807) is 6.92 Å². The summed E-state index contributed by atoms with van der Waals surface area (Å²) in [5.74, 6) is 0. The van der Waals surface area contributed by atoms with Crippen molar-refractivity contribution in [1.82, 2.24) is 9.97 Å². The number of aromatic amines is 1. The summed E-state index contributed by atoms with van der Waals surface area (Å²) in [6.07, 6.45) is 0.717. The Morgan fingerprint density at radius 1 is 1.12 bits per heavy atom. The normalized spacial score (nSPS) is 10.4. The number of nitrogens with one attached hydrogen (secondary N) is 1. The Bertz CT molecular complexity index is 544. The third-order valence-corrected chi connectivity index (χ3v) is 2.59. The fraction of sp³-hybridized carbons (Fsp3) is 0.231. The fourth-order valence-corrected chi connectivity index (χ4v) is 1.66. The molecule has 0 aliphatic carbocycles. The molecule has 0 atom stereocenters. The second kappa shape index (κ2) is 4.31. The van der Waals surface area contributed by atoms with Gasteiger partial charge in [0.25, 0.3) is 5.56 Å². The van der Waals surface area contributed by atoms with E-state index >= 15 is 0 Å². The van der Waals surface area contributed by atoms with Crippen molar-refractivity contribution >= 4 is 0 Å². The zero-order valence-electron chi connectivity index (χ0n) is 9.45. The summed E-state index contributed by atoms with van der Waals surface area (Å²) in [6, 6.07) is 10.0. The standard InChI is InChI=1S/C13H14N2O/c1-9-12(15-13(16)10(2)14-9)8-11-6-4-3-5-7-11/h3-7H,8H2,1-2H3,(H,15,16). The van der Waals surface area contributed by atoms with Gasteiger partial charge in [-0.25, -0.2) is 0 Å². The van der Waals surface area contributed by atoms with Gasteiger partial charge in [-0.3, -0.25) is 9.78 Å². The molecule has 0 saturated carbocycles. The molecule has 0 fully saturated rings. The Hall–Kier alpha value is -1.90. The third kappa shape index (κ3) is 2.19. The number of hydrogen-bond acceptors (Lipinski definition) is 2. The minimum absolute atomic E-state index is 0.100. The lowest BCUT2D eigenvalue weighted by atomic mass is 10.1. The van der Waals surface area contributed by atoms with Crippen molar-refractivity contribution < 1.29 is 0 Å². The minimum Gasteiger partial charge on any atom is -0.323 e. The monoisotopic (exact) mass is 214 g/mol. The molecular weight excluding hydrogens is 200 g/mol. The molecule has 82 valence electrons. The summed E-state index contributed by atoms with van der Waals surface area (Å²) < 4.78 is 0. The largest absolute Gasteiger partial charge is 0.323 e. The number of aryl methyl sites for hydroxylation is 2. The second-order valence-electron chi connectivity index (χ2n) is 3.88. The summed E-state index contributed by atoms with van der Waals surface area (Å²) in [7, 11) is 0. The van der Waals surface area contributed by atoms with E-state index in [4.69, 9.17) is 0 Å². The Morgan fingerprint density at radius 2 is 1.81 bits per heavy atom. The van der Waals surface area contributed by atoms with Gasteiger partial charge in [0.15, 0.2) is 0 Å². The van der Waals surface area contributed by atoms with Gasteiger partial charge in [-0.2, -0.15) is 0 Å². The van der Waals surface area contributed by atoms with E-state index in [0.29, 0.717) is 5.69 Å². The molecule has 1 aromatic heterocycles. The topological polar surface area (TPSA) is 45.8 Å². The number of H-pyrrole nitrogens is 1. The molecule has 3 nitrogen and oxygen atoms in total. The van der Waals surface area contributed by atoms with E-state index in [1.165, 1.54) is 5.56 Å². The van der Waals surface area contributed by atoms with Crippen LogP contribution in [0, 0.1) is 13.8 Å². The van der Waals surface area contributed by atoms with Crippen molar-refractivity contribution in [3.05, 3.63) is 63.3 Å². The van der Waals surface area contributed by atoms with E-state index in [9.17, 15) is 4.79 Å². The maximum atomic E-state index is 11.5. The van der Waals surface area contributed by atoms with Crippen LogP contribution in [-0.2, 0) is 6.42 Å². The minimum atomic E-state index is -0.100. The molecule has 0 saturated heterocycles. The lowest BCUT2D eigenvalue weighted by Gasteiger charge is -2.05. The first kappa shape index (κ1) is 10.6. The van der Waals surface area contributed by atoms with Crippen LogP contribution < -0.4 is 5.56 Å². The first-order chi connectivity index (χ1) is 7.66. The number of benzene rings is 1. The molecule has 0 aliphatic rings. The first-order valence-corrected chi connectivity index (χ1v) is 5.27. The molecule has 0 unspecified atom stereocenters. The molecule has 1 heterocycles. The SMILES string of the molecule is Cc1nc(C)c(=O)[nH]c1Cc1ccccc1. The molecule has 3 heteroatoms. The van der Waals surface area contributed by atoms with Crippen LogP contribution in [0.3, 0.4) is 0 Å².